The van der Waals surface area contributed by atoms with Crippen LogP contribution in [0.25, 0.3) is 11.5 Å². The first-order valence-electron chi connectivity index (χ1n) is 9.03. The lowest BCUT2D eigenvalue weighted by molar-refractivity contribution is -0.189. The van der Waals surface area contributed by atoms with Gasteiger partial charge in [0.1, 0.15) is 5.52 Å². The lowest BCUT2D eigenvalue weighted by Gasteiger charge is -2.36. The van der Waals surface area contributed by atoms with E-state index in [4.69, 9.17) is 0 Å². The molecule has 1 fully saturated rings. The minimum atomic E-state index is -4.38. The van der Waals surface area contributed by atoms with E-state index >= 15 is 0 Å². The van der Waals surface area contributed by atoms with Crippen LogP contribution in [0, 0.1) is 12.8 Å². The number of fused-ring (bicyclic) bond motifs is 1. The Labute approximate surface area is 162 Å². The third-order valence-corrected chi connectivity index (χ3v) is 5.66. The Morgan fingerprint density at radius 2 is 2.07 bits per heavy atom. The van der Waals surface area contributed by atoms with Gasteiger partial charge in [-0.15, -0.1) is 5.10 Å². The van der Waals surface area contributed by atoms with Crippen LogP contribution in [0.15, 0.2) is 29.3 Å². The molecule has 11 heteroatoms. The number of amides is 1. The molecule has 4 heterocycles. The van der Waals surface area contributed by atoms with E-state index in [1.165, 1.54) is 34.1 Å². The summed E-state index contributed by atoms with van der Waals surface area (Å²) in [5.41, 5.74) is -0.865. The molecule has 0 aliphatic carbocycles. The molecular weight excluding hydrogens is 389 g/mol. The number of H-pyrrole nitrogens is 1. The third-order valence-electron chi connectivity index (χ3n) is 5.66. The van der Waals surface area contributed by atoms with E-state index in [0.29, 0.717) is 11.2 Å². The van der Waals surface area contributed by atoms with E-state index < -0.39 is 23.5 Å². The summed E-state index contributed by atoms with van der Waals surface area (Å²) >= 11 is 0. The average molecular weight is 408 g/mol. The highest BCUT2D eigenvalue weighted by Crippen LogP contribution is 2.45. The lowest BCUT2D eigenvalue weighted by atomic mass is 9.87. The molecule has 8 nitrogen and oxygen atoms in total. The minimum Gasteiger partial charge on any atom is -0.333 e. The van der Waals surface area contributed by atoms with E-state index in [2.05, 4.69) is 15.2 Å². The first kappa shape index (κ1) is 19.2. The van der Waals surface area contributed by atoms with Crippen molar-refractivity contribution in [3.63, 3.8) is 0 Å². The summed E-state index contributed by atoms with van der Waals surface area (Å²) in [5.74, 6) is -2.03. The molecule has 1 aliphatic heterocycles. The molecule has 3 aromatic heterocycles. The summed E-state index contributed by atoms with van der Waals surface area (Å²) in [5, 5.41) is 8.39. The van der Waals surface area contributed by atoms with Crippen LogP contribution in [0.1, 0.15) is 36.3 Å². The maximum atomic E-state index is 13.3. The van der Waals surface area contributed by atoms with Gasteiger partial charge < -0.3 is 4.90 Å². The second-order valence-corrected chi connectivity index (χ2v) is 7.66. The van der Waals surface area contributed by atoms with Gasteiger partial charge in [0.05, 0.1) is 23.4 Å². The van der Waals surface area contributed by atoms with Gasteiger partial charge in [-0.2, -0.15) is 18.3 Å². The summed E-state index contributed by atoms with van der Waals surface area (Å²) in [6, 6.07) is 3.27. The molecule has 0 bridgehead atoms. The molecule has 1 aliphatic rings. The highest BCUT2D eigenvalue weighted by Gasteiger charge is 2.56. The van der Waals surface area contributed by atoms with Crippen LogP contribution in [0.4, 0.5) is 13.2 Å². The fraction of sp³-hybridized carbons (Fsp3) is 0.444. The van der Waals surface area contributed by atoms with Crippen molar-refractivity contribution in [2.45, 2.75) is 38.9 Å². The summed E-state index contributed by atoms with van der Waals surface area (Å²) in [6.07, 6.45) is -1.64. The fourth-order valence-corrected chi connectivity index (χ4v) is 4.02. The van der Waals surface area contributed by atoms with Crippen LogP contribution in [0.3, 0.4) is 0 Å². The van der Waals surface area contributed by atoms with Gasteiger partial charge in [0.2, 0.25) is 5.95 Å². The zero-order valence-corrected chi connectivity index (χ0v) is 16.0. The quantitative estimate of drug-likeness (QED) is 0.705. The number of alkyl halides is 3. The van der Waals surface area contributed by atoms with E-state index in [1.54, 1.807) is 25.3 Å². The average Bonchev–Trinajstić information content (AvgIpc) is 3.30. The molecule has 1 atom stereocenters. The normalized spacial score (nSPS) is 19.2. The van der Waals surface area contributed by atoms with Crippen molar-refractivity contribution >= 4 is 11.4 Å². The van der Waals surface area contributed by atoms with Crippen molar-refractivity contribution in [3.05, 3.63) is 46.1 Å². The third kappa shape index (κ3) is 2.91. The summed E-state index contributed by atoms with van der Waals surface area (Å²) in [7, 11) is 0. The summed E-state index contributed by atoms with van der Waals surface area (Å²) in [6.45, 7) is 4.46. The van der Waals surface area contributed by atoms with Crippen molar-refractivity contribution < 1.29 is 18.0 Å². The molecule has 0 spiro atoms. The molecular formula is C18H19F3N6O2. The predicted octanol–water partition coefficient (Wildman–Crippen LogP) is 2.32. The highest BCUT2D eigenvalue weighted by molar-refractivity contribution is 5.96. The maximum absolute atomic E-state index is 13.3. The zero-order chi connectivity index (χ0) is 21.1. The van der Waals surface area contributed by atoms with Crippen molar-refractivity contribution in [2.24, 2.45) is 5.92 Å². The molecule has 1 N–H and O–H groups in total. The van der Waals surface area contributed by atoms with Crippen molar-refractivity contribution in [1.29, 1.82) is 0 Å². The second-order valence-electron chi connectivity index (χ2n) is 7.66. The molecule has 1 unspecified atom stereocenters. The fourth-order valence-electron chi connectivity index (χ4n) is 4.02. The molecule has 4 rings (SSSR count). The number of halogens is 3. The minimum absolute atomic E-state index is 0.00500. The number of hydrogen-bond acceptors (Lipinski definition) is 4. The van der Waals surface area contributed by atoms with E-state index in [1.807, 2.05) is 0 Å². The van der Waals surface area contributed by atoms with Crippen molar-refractivity contribution in [1.82, 2.24) is 29.3 Å². The SMILES string of the molecule is Cc1c(C(=O)N2CCC(C(F)(F)F)C2(C)C)cnn1-c1nn2cccc2c(=O)[nH]1. The second kappa shape index (κ2) is 6.19. The Hall–Kier alpha value is -3.11. The zero-order valence-electron chi connectivity index (χ0n) is 16.0. The van der Waals surface area contributed by atoms with E-state index in [9.17, 15) is 22.8 Å². The number of nitrogens with zero attached hydrogens (tertiary/aromatic N) is 5. The van der Waals surface area contributed by atoms with Gasteiger partial charge in [0.15, 0.2) is 0 Å². The number of rotatable bonds is 2. The maximum Gasteiger partial charge on any atom is 0.394 e. The van der Waals surface area contributed by atoms with E-state index in [0.717, 1.165) is 0 Å². The summed E-state index contributed by atoms with van der Waals surface area (Å²) in [4.78, 5) is 29.1. The van der Waals surface area contributed by atoms with Gasteiger partial charge in [0.25, 0.3) is 11.5 Å². The number of likely N-dealkylation sites (tertiary alicyclic amines) is 1. The smallest absolute Gasteiger partial charge is 0.333 e. The predicted molar refractivity (Wildman–Crippen MR) is 96.9 cm³/mol. The van der Waals surface area contributed by atoms with Crippen LogP contribution in [-0.4, -0.2) is 53.4 Å². The Morgan fingerprint density at radius 1 is 1.34 bits per heavy atom. The van der Waals surface area contributed by atoms with Gasteiger partial charge in [-0.1, -0.05) is 0 Å². The van der Waals surface area contributed by atoms with Gasteiger partial charge in [-0.25, -0.2) is 9.20 Å². The molecule has 0 saturated carbocycles. The van der Waals surface area contributed by atoms with Crippen LogP contribution in [0.2, 0.25) is 0 Å². The van der Waals surface area contributed by atoms with Crippen LogP contribution in [-0.2, 0) is 0 Å². The van der Waals surface area contributed by atoms with Gasteiger partial charge in [0, 0.05) is 18.3 Å². The molecule has 29 heavy (non-hydrogen) atoms. The van der Waals surface area contributed by atoms with E-state index in [-0.39, 0.29) is 30.0 Å². The van der Waals surface area contributed by atoms with Crippen molar-refractivity contribution in [2.75, 3.05) is 6.54 Å². The molecule has 0 radical (unpaired) electrons. The Morgan fingerprint density at radius 3 is 2.72 bits per heavy atom. The van der Waals surface area contributed by atoms with Crippen LogP contribution >= 0.6 is 0 Å². The van der Waals surface area contributed by atoms with Crippen LogP contribution in [0.5, 0.6) is 0 Å². The highest BCUT2D eigenvalue weighted by atomic mass is 19.4. The number of nitrogens with one attached hydrogen (secondary N) is 1. The lowest BCUT2D eigenvalue weighted by Crippen LogP contribution is -2.49. The number of aromatic nitrogens is 5. The molecule has 154 valence electrons. The van der Waals surface area contributed by atoms with Gasteiger partial charge in [-0.05, 0) is 39.3 Å². The standard InChI is InChI=1S/C18H19F3N6O2/c1-10-11(15(29)25-8-6-13(17(25,2)3)18(19,20)21)9-22-27(10)16-23-14(28)12-5-4-7-26(12)24-16/h4-5,7,9,13H,6,8H2,1-3H3,(H,23,24,28). The number of carbonyl (C=O) groups is 1. The number of aromatic amines is 1. The monoisotopic (exact) mass is 408 g/mol. The van der Waals surface area contributed by atoms with Gasteiger partial charge >= 0.3 is 6.18 Å². The topological polar surface area (TPSA) is 88.3 Å². The Bertz CT molecular complexity index is 1160. The van der Waals surface area contributed by atoms with Crippen molar-refractivity contribution in [3.8, 4) is 5.95 Å². The molecule has 3 aromatic rings. The Balaban J connectivity index is 1.70. The van der Waals surface area contributed by atoms with Crippen LogP contribution < -0.4 is 5.56 Å². The number of carbonyl (C=O) groups excluding carboxylic acids is 1. The first-order valence-corrected chi connectivity index (χ1v) is 9.03. The number of hydrogen-bond donors (Lipinski definition) is 1. The van der Waals surface area contributed by atoms with Gasteiger partial charge in [-0.3, -0.25) is 14.6 Å². The molecule has 0 aromatic carbocycles. The molecule has 1 amide bonds. The summed E-state index contributed by atoms with van der Waals surface area (Å²) < 4.78 is 42.7. The Kier molecular flexibility index (Phi) is 4.10. The first-order chi connectivity index (χ1) is 13.5. The largest absolute Gasteiger partial charge is 0.394 e. The molecule has 1 saturated heterocycles.